The van der Waals surface area contributed by atoms with Crippen LogP contribution in [0.15, 0.2) is 61.3 Å². The maximum absolute atomic E-state index is 14.8. The summed E-state index contributed by atoms with van der Waals surface area (Å²) in [5.74, 6) is -0.316. The quantitative estimate of drug-likeness (QED) is 0.280. The van der Waals surface area contributed by atoms with Crippen LogP contribution >= 0.6 is 0 Å². The lowest BCUT2D eigenvalue weighted by Crippen LogP contribution is -2.20. The third kappa shape index (κ3) is 4.43. The van der Waals surface area contributed by atoms with E-state index < -0.39 is 5.82 Å². The van der Waals surface area contributed by atoms with Crippen molar-refractivity contribution in [2.45, 2.75) is 0 Å². The zero-order valence-electron chi connectivity index (χ0n) is 20.6. The molecule has 38 heavy (non-hydrogen) atoms. The van der Waals surface area contributed by atoms with Gasteiger partial charge in [0.1, 0.15) is 23.7 Å². The first-order valence-corrected chi connectivity index (χ1v) is 11.9. The molecule has 2 aromatic carbocycles. The highest BCUT2D eigenvalue weighted by Crippen LogP contribution is 2.34. The molecule has 0 aliphatic rings. The molecule has 0 amide bonds. The molecule has 190 valence electrons. The Labute approximate surface area is 216 Å². The van der Waals surface area contributed by atoms with Crippen molar-refractivity contribution in [3.63, 3.8) is 0 Å². The van der Waals surface area contributed by atoms with E-state index in [1.165, 1.54) is 24.5 Å². The number of pyridine rings is 1. The van der Waals surface area contributed by atoms with Gasteiger partial charge >= 0.3 is 0 Å². The van der Waals surface area contributed by atoms with E-state index in [2.05, 4.69) is 45.3 Å². The number of nitrogens with one attached hydrogen (secondary N) is 3. The van der Waals surface area contributed by atoms with E-state index in [0.717, 1.165) is 12.1 Å². The molecule has 11 heteroatoms. The second-order valence-corrected chi connectivity index (χ2v) is 9.18. The molecule has 0 fully saturated rings. The third-order valence-corrected chi connectivity index (χ3v) is 6.24. The van der Waals surface area contributed by atoms with Gasteiger partial charge in [-0.05, 0) is 50.0 Å². The van der Waals surface area contributed by atoms with Crippen molar-refractivity contribution < 1.29 is 8.78 Å². The maximum Gasteiger partial charge on any atom is 0.178 e. The van der Waals surface area contributed by atoms with Gasteiger partial charge in [0.2, 0.25) is 0 Å². The van der Waals surface area contributed by atoms with Gasteiger partial charge in [0, 0.05) is 65.5 Å². The fourth-order valence-corrected chi connectivity index (χ4v) is 4.41. The summed E-state index contributed by atoms with van der Waals surface area (Å²) in [4.78, 5) is 22.4. The number of likely N-dealkylation sites (N-methyl/N-ethyl adjacent to an activating group) is 1. The van der Waals surface area contributed by atoms with Gasteiger partial charge in [-0.1, -0.05) is 0 Å². The number of anilines is 1. The Kier molecular flexibility index (Phi) is 5.97. The van der Waals surface area contributed by atoms with Gasteiger partial charge in [-0.2, -0.15) is 5.10 Å². The Morgan fingerprint density at radius 2 is 1.82 bits per heavy atom. The van der Waals surface area contributed by atoms with E-state index in [-0.39, 0.29) is 5.82 Å². The van der Waals surface area contributed by atoms with Gasteiger partial charge < -0.3 is 15.2 Å². The Morgan fingerprint density at radius 3 is 2.63 bits per heavy atom. The summed E-state index contributed by atoms with van der Waals surface area (Å²) in [6.07, 6.45) is 6.13. The zero-order chi connectivity index (χ0) is 26.2. The molecule has 0 atom stereocenters. The molecule has 4 aromatic heterocycles. The SMILES string of the molecule is CN(C)CCNc1cc(F)cc(-c2ccnc3nc(-c4n[nH]c5cc(F)c(-c6cncnc6)cc45)[nH]c23)c1. The van der Waals surface area contributed by atoms with E-state index in [4.69, 9.17) is 0 Å². The fraction of sp³-hybridized carbons (Fsp3) is 0.148. The van der Waals surface area contributed by atoms with E-state index in [1.807, 2.05) is 26.2 Å². The number of aromatic nitrogens is 7. The minimum absolute atomic E-state index is 0.350. The zero-order valence-corrected chi connectivity index (χ0v) is 20.6. The summed E-state index contributed by atoms with van der Waals surface area (Å²) in [5, 5.41) is 11.2. The summed E-state index contributed by atoms with van der Waals surface area (Å²) < 4.78 is 29.4. The lowest BCUT2D eigenvalue weighted by atomic mass is 10.0. The molecule has 0 bridgehead atoms. The Bertz CT molecular complexity index is 1760. The van der Waals surface area contributed by atoms with E-state index in [9.17, 15) is 8.78 Å². The van der Waals surface area contributed by atoms with Gasteiger partial charge in [-0.25, -0.2) is 28.7 Å². The summed E-state index contributed by atoms with van der Waals surface area (Å²) in [5.41, 5.74) is 5.14. The Morgan fingerprint density at radius 1 is 0.974 bits per heavy atom. The number of halogens is 2. The van der Waals surface area contributed by atoms with Crippen LogP contribution in [0.5, 0.6) is 0 Å². The number of H-pyrrole nitrogens is 2. The Balaban J connectivity index is 1.42. The fourth-order valence-electron chi connectivity index (χ4n) is 4.41. The van der Waals surface area contributed by atoms with Gasteiger partial charge in [-0.3, -0.25) is 5.10 Å². The smallest absolute Gasteiger partial charge is 0.178 e. The van der Waals surface area contributed by atoms with Gasteiger partial charge in [-0.15, -0.1) is 0 Å². The molecule has 0 aliphatic carbocycles. The van der Waals surface area contributed by atoms with Crippen LogP contribution < -0.4 is 5.32 Å². The lowest BCUT2D eigenvalue weighted by molar-refractivity contribution is 0.425. The van der Waals surface area contributed by atoms with Crippen molar-refractivity contribution in [3.8, 4) is 33.8 Å². The minimum Gasteiger partial charge on any atom is -0.384 e. The highest BCUT2D eigenvalue weighted by atomic mass is 19.1. The second kappa shape index (κ2) is 9.60. The van der Waals surface area contributed by atoms with Crippen molar-refractivity contribution in [2.75, 3.05) is 32.5 Å². The van der Waals surface area contributed by atoms with Crippen LogP contribution in [0.1, 0.15) is 0 Å². The summed E-state index contributed by atoms with van der Waals surface area (Å²) in [7, 11) is 3.97. The predicted octanol–water partition coefficient (Wildman–Crippen LogP) is 4.88. The average Bonchev–Trinajstić information content (AvgIpc) is 3.51. The molecular weight excluding hydrogens is 488 g/mol. The van der Waals surface area contributed by atoms with E-state index >= 15 is 0 Å². The summed E-state index contributed by atoms with van der Waals surface area (Å²) in [6.45, 7) is 1.50. The number of nitrogens with zero attached hydrogens (tertiary/aromatic N) is 6. The molecule has 0 radical (unpaired) electrons. The molecule has 0 aliphatic heterocycles. The van der Waals surface area contributed by atoms with Crippen molar-refractivity contribution in [1.82, 2.24) is 40.0 Å². The average molecular weight is 512 g/mol. The molecule has 0 saturated heterocycles. The van der Waals surface area contributed by atoms with Crippen LogP contribution in [0.4, 0.5) is 14.5 Å². The highest BCUT2D eigenvalue weighted by Gasteiger charge is 2.18. The van der Waals surface area contributed by atoms with Crippen LogP contribution in [0.2, 0.25) is 0 Å². The number of fused-ring (bicyclic) bond motifs is 2. The first-order valence-electron chi connectivity index (χ1n) is 11.9. The molecule has 0 spiro atoms. The first-order chi connectivity index (χ1) is 18.5. The van der Waals surface area contributed by atoms with Gasteiger partial charge in [0.15, 0.2) is 11.5 Å². The molecule has 6 rings (SSSR count). The number of hydrogen-bond donors (Lipinski definition) is 3. The third-order valence-electron chi connectivity index (χ3n) is 6.24. The largest absolute Gasteiger partial charge is 0.384 e. The Hall–Kier alpha value is -4.77. The van der Waals surface area contributed by atoms with Crippen LogP contribution in [0.25, 0.3) is 55.8 Å². The molecule has 3 N–H and O–H groups in total. The number of imidazole rings is 1. The molecule has 9 nitrogen and oxygen atoms in total. The molecule has 0 saturated carbocycles. The number of rotatable bonds is 7. The summed E-state index contributed by atoms with van der Waals surface area (Å²) >= 11 is 0. The van der Waals surface area contributed by atoms with Crippen molar-refractivity contribution in [1.29, 1.82) is 0 Å². The van der Waals surface area contributed by atoms with E-state index in [1.54, 1.807) is 24.7 Å². The lowest BCUT2D eigenvalue weighted by Gasteiger charge is -2.13. The van der Waals surface area contributed by atoms with Crippen molar-refractivity contribution >= 4 is 27.8 Å². The maximum atomic E-state index is 14.8. The van der Waals surface area contributed by atoms with Crippen LogP contribution in [-0.4, -0.2) is 67.2 Å². The summed E-state index contributed by atoms with van der Waals surface area (Å²) in [6, 6.07) is 9.75. The molecule has 6 aromatic rings. The predicted molar refractivity (Wildman–Crippen MR) is 142 cm³/mol. The number of benzene rings is 2. The van der Waals surface area contributed by atoms with Crippen LogP contribution in [0, 0.1) is 11.6 Å². The first kappa shape index (κ1) is 23.6. The van der Waals surface area contributed by atoms with E-state index in [0.29, 0.717) is 62.5 Å². The monoisotopic (exact) mass is 511 g/mol. The van der Waals surface area contributed by atoms with Gasteiger partial charge in [0.05, 0.1) is 11.0 Å². The number of aromatic amines is 2. The normalized spacial score (nSPS) is 11.6. The van der Waals surface area contributed by atoms with Crippen LogP contribution in [0.3, 0.4) is 0 Å². The highest BCUT2D eigenvalue weighted by molar-refractivity contribution is 5.97. The standard InChI is InChI=1S/C27H23F2N9/c1-38(2)6-5-32-18-8-15(7-17(28)9-18)19-3-4-33-26-24(19)34-27(35-26)25-21-10-20(16-12-30-14-31-13-16)22(29)11-23(21)36-37-25/h3-4,7-14,32H,5-6H2,1-2H3,(H,36,37)(H,33,34,35). The van der Waals surface area contributed by atoms with Gasteiger partial charge in [0.25, 0.3) is 0 Å². The molecule has 4 heterocycles. The second-order valence-electron chi connectivity index (χ2n) is 9.18. The molecule has 0 unspecified atom stereocenters. The van der Waals surface area contributed by atoms with Crippen molar-refractivity contribution in [3.05, 3.63) is 73.0 Å². The topological polar surface area (TPSA) is 111 Å². The minimum atomic E-state index is -0.419. The molecular formula is C27H23F2N9. The van der Waals surface area contributed by atoms with Crippen molar-refractivity contribution in [2.24, 2.45) is 0 Å². The number of hydrogen-bond acceptors (Lipinski definition) is 7. The van der Waals surface area contributed by atoms with Crippen LogP contribution in [-0.2, 0) is 0 Å².